The van der Waals surface area contributed by atoms with E-state index in [2.05, 4.69) is 63.6 Å². The van der Waals surface area contributed by atoms with Crippen molar-refractivity contribution in [1.29, 1.82) is 0 Å². The maximum atomic E-state index is 11.5. The molecule has 3 saturated heterocycles. The first-order chi connectivity index (χ1) is 21.1. The molecular formula is C36H45N3O4. The van der Waals surface area contributed by atoms with Gasteiger partial charge in [0.25, 0.3) is 0 Å². The molecule has 7 heteroatoms. The number of hydrogen-bond acceptors (Lipinski definition) is 6. The first kappa shape index (κ1) is 30.0. The summed E-state index contributed by atoms with van der Waals surface area (Å²) in [5.74, 6) is -0.0387. The van der Waals surface area contributed by atoms with Crippen molar-refractivity contribution >= 4 is 5.91 Å². The van der Waals surface area contributed by atoms with Gasteiger partial charge in [-0.1, -0.05) is 72.8 Å². The molecule has 7 nitrogen and oxygen atoms in total. The van der Waals surface area contributed by atoms with Crippen LogP contribution in [0.15, 0.2) is 72.8 Å². The predicted molar refractivity (Wildman–Crippen MR) is 168 cm³/mol. The Bertz CT molecular complexity index is 1340. The lowest BCUT2D eigenvalue weighted by atomic mass is 9.97. The van der Waals surface area contributed by atoms with Gasteiger partial charge in [0.1, 0.15) is 0 Å². The summed E-state index contributed by atoms with van der Waals surface area (Å²) >= 11 is 0. The Kier molecular flexibility index (Phi) is 9.86. The van der Waals surface area contributed by atoms with Gasteiger partial charge >= 0.3 is 0 Å². The van der Waals surface area contributed by atoms with E-state index in [4.69, 9.17) is 9.47 Å². The van der Waals surface area contributed by atoms with E-state index in [0.717, 1.165) is 52.9 Å². The highest BCUT2D eigenvalue weighted by atomic mass is 16.7. The fourth-order valence-corrected chi connectivity index (χ4v) is 6.90. The number of rotatable bonds is 10. The molecule has 1 amide bonds. The van der Waals surface area contributed by atoms with Gasteiger partial charge in [0, 0.05) is 44.6 Å². The summed E-state index contributed by atoms with van der Waals surface area (Å²) in [6.07, 6.45) is 5.47. The van der Waals surface area contributed by atoms with Crippen LogP contribution in [0, 0.1) is 0 Å². The largest absolute Gasteiger partial charge is 0.392 e. The molecule has 3 aliphatic rings. The summed E-state index contributed by atoms with van der Waals surface area (Å²) in [6.45, 7) is 7.76. The molecule has 3 aromatic carbocycles. The van der Waals surface area contributed by atoms with Gasteiger partial charge in [-0.25, -0.2) is 0 Å². The van der Waals surface area contributed by atoms with Crippen LogP contribution in [0.2, 0.25) is 0 Å². The Morgan fingerprint density at radius 3 is 2.37 bits per heavy atom. The summed E-state index contributed by atoms with van der Waals surface area (Å²) in [6, 6.07) is 25.4. The number of aliphatic hydroxyl groups is 1. The highest BCUT2D eigenvalue weighted by molar-refractivity contribution is 5.74. The van der Waals surface area contributed by atoms with E-state index in [1.165, 1.54) is 45.3 Å². The second kappa shape index (κ2) is 14.1. The number of nitrogens with one attached hydrogen (secondary N) is 1. The minimum Gasteiger partial charge on any atom is -0.392 e. The van der Waals surface area contributed by atoms with Crippen LogP contribution in [0.3, 0.4) is 0 Å². The zero-order valence-corrected chi connectivity index (χ0v) is 25.3. The molecule has 3 aromatic rings. The van der Waals surface area contributed by atoms with Crippen LogP contribution < -0.4 is 5.32 Å². The van der Waals surface area contributed by atoms with Gasteiger partial charge in [0.05, 0.1) is 18.8 Å². The number of ether oxygens (including phenoxy) is 2. The molecule has 0 aromatic heterocycles. The third-order valence-electron chi connectivity index (χ3n) is 9.26. The smallest absolute Gasteiger partial charge is 0.217 e. The second-order valence-corrected chi connectivity index (χ2v) is 12.3. The van der Waals surface area contributed by atoms with Gasteiger partial charge in [-0.05, 0) is 73.1 Å². The van der Waals surface area contributed by atoms with Crippen molar-refractivity contribution in [2.45, 2.75) is 76.7 Å². The number of benzene rings is 3. The maximum Gasteiger partial charge on any atom is 0.217 e. The summed E-state index contributed by atoms with van der Waals surface area (Å²) < 4.78 is 13.4. The molecular weight excluding hydrogens is 538 g/mol. The van der Waals surface area contributed by atoms with E-state index in [1.54, 1.807) is 6.92 Å². The first-order valence-corrected chi connectivity index (χ1v) is 16.0. The molecule has 4 atom stereocenters. The van der Waals surface area contributed by atoms with E-state index >= 15 is 0 Å². The molecule has 0 radical (unpaired) electrons. The van der Waals surface area contributed by atoms with Crippen LogP contribution in [0.25, 0.3) is 11.1 Å². The Balaban J connectivity index is 1.20. The van der Waals surface area contributed by atoms with Gasteiger partial charge in [-0.15, -0.1) is 0 Å². The normalized spacial score (nSPS) is 24.8. The van der Waals surface area contributed by atoms with Gasteiger partial charge in [-0.3, -0.25) is 9.69 Å². The number of carbonyl (C=O) groups is 1. The topological polar surface area (TPSA) is 74.3 Å². The number of hydrogen-bond donors (Lipinski definition) is 2. The average molecular weight is 584 g/mol. The molecule has 43 heavy (non-hydrogen) atoms. The SMILES string of the molecule is CC(=O)NCc1ccccc1-c1ccc([C@@H]2O[C@H](CN3CCC[C@H]3CN3CCCC3)C[C@H](c3ccc(CO)cc3)O2)cc1. The zero-order valence-electron chi connectivity index (χ0n) is 25.3. The van der Waals surface area contributed by atoms with Gasteiger partial charge in [0.15, 0.2) is 6.29 Å². The first-order valence-electron chi connectivity index (χ1n) is 16.0. The van der Waals surface area contributed by atoms with Crippen LogP contribution in [0.4, 0.5) is 0 Å². The summed E-state index contributed by atoms with van der Waals surface area (Å²) in [5.41, 5.74) is 6.30. The molecule has 0 saturated carbocycles. The van der Waals surface area contributed by atoms with Crippen molar-refractivity contribution in [2.75, 3.05) is 32.7 Å². The minimum atomic E-state index is -0.468. The highest BCUT2D eigenvalue weighted by Gasteiger charge is 2.36. The lowest BCUT2D eigenvalue weighted by molar-refractivity contribution is -0.253. The Labute approximate surface area is 255 Å². The predicted octanol–water partition coefficient (Wildman–Crippen LogP) is 5.59. The third kappa shape index (κ3) is 7.54. The lowest BCUT2D eigenvalue weighted by Crippen LogP contribution is -2.45. The fraction of sp³-hybridized carbons (Fsp3) is 0.472. The Morgan fingerprint density at radius 1 is 0.884 bits per heavy atom. The molecule has 3 aliphatic heterocycles. The Hall–Kier alpha value is -3.07. The van der Waals surface area contributed by atoms with Crippen molar-refractivity contribution in [2.24, 2.45) is 0 Å². The van der Waals surface area contributed by atoms with E-state index in [1.807, 2.05) is 24.3 Å². The van der Waals surface area contributed by atoms with Crippen LogP contribution >= 0.6 is 0 Å². The second-order valence-electron chi connectivity index (χ2n) is 12.3. The van der Waals surface area contributed by atoms with Gasteiger partial charge in [0.2, 0.25) is 5.91 Å². The zero-order chi connectivity index (χ0) is 29.6. The number of amides is 1. The van der Waals surface area contributed by atoms with E-state index < -0.39 is 6.29 Å². The lowest BCUT2D eigenvalue weighted by Gasteiger charge is -2.39. The number of nitrogens with zero attached hydrogens (tertiary/aromatic N) is 2. The number of likely N-dealkylation sites (tertiary alicyclic amines) is 2. The molecule has 0 aliphatic carbocycles. The van der Waals surface area contributed by atoms with Crippen molar-refractivity contribution in [1.82, 2.24) is 15.1 Å². The quantitative estimate of drug-likeness (QED) is 0.324. The fourth-order valence-electron chi connectivity index (χ4n) is 6.90. The monoisotopic (exact) mass is 583 g/mol. The van der Waals surface area contributed by atoms with E-state index in [9.17, 15) is 9.90 Å². The van der Waals surface area contributed by atoms with Crippen LogP contribution in [-0.2, 0) is 27.4 Å². The summed E-state index contributed by atoms with van der Waals surface area (Å²) in [7, 11) is 0. The van der Waals surface area contributed by atoms with Crippen molar-refractivity contribution in [3.05, 3.63) is 95.1 Å². The molecule has 3 heterocycles. The molecule has 0 unspecified atom stereocenters. The van der Waals surface area contributed by atoms with Gasteiger partial charge in [-0.2, -0.15) is 0 Å². The van der Waals surface area contributed by atoms with Crippen LogP contribution in [-0.4, -0.2) is 65.7 Å². The standard InChI is InChI=1S/C36H45N3O4/c1-26(41)37-22-31-7-2-3-9-34(31)28-14-16-30(17-15-28)36-42-33(21-35(43-36)29-12-10-27(25-40)11-13-29)24-39-20-6-8-32(39)23-38-18-4-5-19-38/h2-3,7,9-17,32-33,35-36,40H,4-6,8,18-25H2,1H3,(H,37,41)/t32-,33-,35+,36+/m0/s1. The van der Waals surface area contributed by atoms with E-state index in [0.29, 0.717) is 12.6 Å². The third-order valence-corrected chi connectivity index (χ3v) is 9.26. The molecule has 2 N–H and O–H groups in total. The molecule has 228 valence electrons. The molecule has 6 rings (SSSR count). The molecule has 0 bridgehead atoms. The Morgan fingerprint density at radius 2 is 1.63 bits per heavy atom. The van der Waals surface area contributed by atoms with Crippen molar-refractivity contribution < 1.29 is 19.4 Å². The molecule has 0 spiro atoms. The maximum absolute atomic E-state index is 11.5. The summed E-state index contributed by atoms with van der Waals surface area (Å²) in [4.78, 5) is 16.8. The number of carbonyl (C=O) groups excluding carboxylic acids is 1. The minimum absolute atomic E-state index is 0.0355. The van der Waals surface area contributed by atoms with E-state index in [-0.39, 0.29) is 24.7 Å². The number of aliphatic hydroxyl groups excluding tert-OH is 1. The molecule has 3 fully saturated rings. The summed E-state index contributed by atoms with van der Waals surface area (Å²) in [5, 5.41) is 12.5. The van der Waals surface area contributed by atoms with Crippen molar-refractivity contribution in [3.63, 3.8) is 0 Å². The average Bonchev–Trinajstić information content (AvgIpc) is 3.72. The van der Waals surface area contributed by atoms with Crippen LogP contribution in [0.5, 0.6) is 0 Å². The van der Waals surface area contributed by atoms with Crippen LogP contribution in [0.1, 0.15) is 73.7 Å². The van der Waals surface area contributed by atoms with Gasteiger partial charge < -0.3 is 24.8 Å². The highest BCUT2D eigenvalue weighted by Crippen LogP contribution is 2.39. The van der Waals surface area contributed by atoms with Crippen molar-refractivity contribution in [3.8, 4) is 11.1 Å².